The topological polar surface area (TPSA) is 60.2 Å². The third-order valence-electron chi connectivity index (χ3n) is 2.55. The number of thiazole rings is 1. The van der Waals surface area contributed by atoms with Crippen molar-refractivity contribution in [2.24, 2.45) is 5.84 Å². The molecule has 2 aromatic rings. The number of benzene rings is 1. The van der Waals surface area contributed by atoms with Crippen LogP contribution in [-0.2, 0) is 6.42 Å². The summed E-state index contributed by atoms with van der Waals surface area (Å²) in [5, 5.41) is 2.79. The molecule has 0 aliphatic rings. The van der Waals surface area contributed by atoms with Crippen molar-refractivity contribution in [3.63, 3.8) is 0 Å². The summed E-state index contributed by atoms with van der Waals surface area (Å²) < 4.78 is 28.7. The lowest BCUT2D eigenvalue weighted by Gasteiger charge is -2.16. The molecule has 0 aliphatic heterocycles. The molecule has 1 atom stereocenters. The Hall–Kier alpha value is -1.57. The summed E-state index contributed by atoms with van der Waals surface area (Å²) >= 11 is 1.52. The Labute approximate surface area is 113 Å². The number of hydrazine groups is 1. The molecule has 0 bridgehead atoms. The SMILES string of the molecule is NNC(Cc1nccs1)c1cccc(OC(F)F)c1. The Morgan fingerprint density at radius 3 is 2.89 bits per heavy atom. The smallest absolute Gasteiger partial charge is 0.387 e. The molecule has 19 heavy (non-hydrogen) atoms. The molecule has 0 amide bonds. The predicted octanol–water partition coefficient (Wildman–Crippen LogP) is 2.49. The summed E-state index contributed by atoms with van der Waals surface area (Å²) in [5.74, 6) is 5.63. The largest absolute Gasteiger partial charge is 0.435 e. The number of nitrogens with two attached hydrogens (primary N) is 1. The van der Waals surface area contributed by atoms with Crippen LogP contribution in [-0.4, -0.2) is 11.6 Å². The summed E-state index contributed by atoms with van der Waals surface area (Å²) in [6.45, 7) is -2.83. The highest BCUT2D eigenvalue weighted by Crippen LogP contribution is 2.23. The molecule has 2 rings (SSSR count). The Bertz CT molecular complexity index is 507. The second-order valence-electron chi connectivity index (χ2n) is 3.80. The van der Waals surface area contributed by atoms with Crippen molar-refractivity contribution in [2.75, 3.05) is 0 Å². The van der Waals surface area contributed by atoms with Gasteiger partial charge in [-0.25, -0.2) is 4.98 Å². The van der Waals surface area contributed by atoms with E-state index in [0.717, 1.165) is 10.6 Å². The second kappa shape index (κ2) is 6.55. The van der Waals surface area contributed by atoms with Crippen LogP contribution in [0.4, 0.5) is 8.78 Å². The summed E-state index contributed by atoms with van der Waals surface area (Å²) in [6, 6.07) is 6.28. The highest BCUT2D eigenvalue weighted by Gasteiger charge is 2.13. The van der Waals surface area contributed by atoms with Crippen LogP contribution in [0.1, 0.15) is 16.6 Å². The van der Waals surface area contributed by atoms with Gasteiger partial charge in [0, 0.05) is 18.0 Å². The fourth-order valence-corrected chi connectivity index (χ4v) is 2.37. The number of rotatable bonds is 6. The first-order valence-corrected chi connectivity index (χ1v) is 6.46. The van der Waals surface area contributed by atoms with Crippen LogP contribution in [0.5, 0.6) is 5.75 Å². The zero-order valence-corrected chi connectivity index (χ0v) is 10.7. The summed E-state index contributed by atoms with van der Waals surface area (Å²) in [5.41, 5.74) is 3.43. The van der Waals surface area contributed by atoms with Crippen molar-refractivity contribution in [1.29, 1.82) is 0 Å². The minimum Gasteiger partial charge on any atom is -0.435 e. The average Bonchev–Trinajstić information content (AvgIpc) is 2.88. The van der Waals surface area contributed by atoms with Gasteiger partial charge in [-0.3, -0.25) is 11.3 Å². The van der Waals surface area contributed by atoms with Gasteiger partial charge in [-0.2, -0.15) is 8.78 Å². The Morgan fingerprint density at radius 2 is 2.26 bits per heavy atom. The number of nitrogens with one attached hydrogen (secondary N) is 1. The van der Waals surface area contributed by atoms with Gasteiger partial charge in [0.25, 0.3) is 0 Å². The lowest BCUT2D eigenvalue weighted by Crippen LogP contribution is -2.29. The van der Waals surface area contributed by atoms with Gasteiger partial charge in [0.1, 0.15) is 5.75 Å². The zero-order valence-electron chi connectivity index (χ0n) is 9.92. The molecule has 0 saturated carbocycles. The molecular weight excluding hydrogens is 272 g/mol. The molecule has 7 heteroatoms. The van der Waals surface area contributed by atoms with E-state index in [9.17, 15) is 8.78 Å². The molecule has 1 aromatic heterocycles. The first-order chi connectivity index (χ1) is 9.19. The van der Waals surface area contributed by atoms with Crippen molar-refractivity contribution < 1.29 is 13.5 Å². The number of halogens is 2. The van der Waals surface area contributed by atoms with E-state index in [-0.39, 0.29) is 11.8 Å². The lowest BCUT2D eigenvalue weighted by molar-refractivity contribution is -0.0499. The number of alkyl halides is 2. The molecule has 102 valence electrons. The number of hydrogen-bond donors (Lipinski definition) is 2. The van der Waals surface area contributed by atoms with Gasteiger partial charge >= 0.3 is 6.61 Å². The van der Waals surface area contributed by atoms with Gasteiger partial charge in [0.15, 0.2) is 0 Å². The third kappa shape index (κ3) is 3.95. The van der Waals surface area contributed by atoms with Crippen molar-refractivity contribution >= 4 is 11.3 Å². The van der Waals surface area contributed by atoms with E-state index in [0.29, 0.717) is 6.42 Å². The van der Waals surface area contributed by atoms with E-state index in [4.69, 9.17) is 5.84 Å². The Kier molecular flexibility index (Phi) is 4.78. The van der Waals surface area contributed by atoms with E-state index >= 15 is 0 Å². The lowest BCUT2D eigenvalue weighted by atomic mass is 10.0. The fraction of sp³-hybridized carbons (Fsp3) is 0.250. The van der Waals surface area contributed by atoms with Gasteiger partial charge in [0.2, 0.25) is 0 Å². The maximum Gasteiger partial charge on any atom is 0.387 e. The van der Waals surface area contributed by atoms with Gasteiger partial charge in [-0.1, -0.05) is 12.1 Å². The second-order valence-corrected chi connectivity index (χ2v) is 4.78. The number of nitrogens with zero attached hydrogens (tertiary/aromatic N) is 1. The number of ether oxygens (including phenoxy) is 1. The van der Waals surface area contributed by atoms with Crippen molar-refractivity contribution in [2.45, 2.75) is 19.1 Å². The maximum absolute atomic E-state index is 12.2. The molecule has 3 N–H and O–H groups in total. The first kappa shape index (κ1) is 13.9. The van der Waals surface area contributed by atoms with Gasteiger partial charge < -0.3 is 4.74 Å². The summed E-state index contributed by atoms with van der Waals surface area (Å²) in [7, 11) is 0. The van der Waals surface area contributed by atoms with Crippen LogP contribution in [0.15, 0.2) is 35.8 Å². The molecule has 0 spiro atoms. The monoisotopic (exact) mass is 285 g/mol. The summed E-state index contributed by atoms with van der Waals surface area (Å²) in [4.78, 5) is 4.17. The molecule has 4 nitrogen and oxygen atoms in total. The van der Waals surface area contributed by atoms with E-state index in [1.165, 1.54) is 17.4 Å². The first-order valence-electron chi connectivity index (χ1n) is 5.58. The fourth-order valence-electron chi connectivity index (χ4n) is 1.71. The normalized spacial score (nSPS) is 12.6. The van der Waals surface area contributed by atoms with E-state index in [1.54, 1.807) is 24.4 Å². The molecular formula is C12H13F2N3OS. The van der Waals surface area contributed by atoms with E-state index in [2.05, 4.69) is 15.1 Å². The average molecular weight is 285 g/mol. The molecule has 1 aromatic carbocycles. The zero-order chi connectivity index (χ0) is 13.7. The van der Waals surface area contributed by atoms with Crippen LogP contribution in [0.25, 0.3) is 0 Å². The molecule has 0 fully saturated rings. The Balaban J connectivity index is 2.13. The van der Waals surface area contributed by atoms with Crippen LogP contribution in [0.3, 0.4) is 0 Å². The highest BCUT2D eigenvalue weighted by molar-refractivity contribution is 7.09. The molecule has 1 unspecified atom stereocenters. The quantitative estimate of drug-likeness (QED) is 0.632. The number of hydrogen-bond acceptors (Lipinski definition) is 5. The van der Waals surface area contributed by atoms with Crippen molar-refractivity contribution in [3.8, 4) is 5.75 Å². The highest BCUT2D eigenvalue weighted by atomic mass is 32.1. The molecule has 0 saturated heterocycles. The third-order valence-corrected chi connectivity index (χ3v) is 3.35. The van der Waals surface area contributed by atoms with Crippen LogP contribution in [0, 0.1) is 0 Å². The van der Waals surface area contributed by atoms with Crippen LogP contribution >= 0.6 is 11.3 Å². The Morgan fingerprint density at radius 1 is 1.42 bits per heavy atom. The predicted molar refractivity (Wildman–Crippen MR) is 69.0 cm³/mol. The molecule has 0 aliphatic carbocycles. The minimum atomic E-state index is -2.83. The van der Waals surface area contributed by atoms with Gasteiger partial charge in [0.05, 0.1) is 11.0 Å². The molecule has 1 heterocycles. The van der Waals surface area contributed by atoms with E-state index in [1.807, 2.05) is 5.38 Å². The van der Waals surface area contributed by atoms with E-state index < -0.39 is 6.61 Å². The standard InChI is InChI=1S/C12H13F2N3OS/c13-12(14)18-9-3-1-2-8(6-9)10(17-15)7-11-16-4-5-19-11/h1-6,10,12,17H,7,15H2. The minimum absolute atomic E-state index is 0.117. The maximum atomic E-state index is 12.2. The molecule has 0 radical (unpaired) electrons. The summed E-state index contributed by atoms with van der Waals surface area (Å²) in [6.07, 6.45) is 2.30. The van der Waals surface area contributed by atoms with Crippen molar-refractivity contribution in [1.82, 2.24) is 10.4 Å². The van der Waals surface area contributed by atoms with Crippen LogP contribution in [0.2, 0.25) is 0 Å². The number of aromatic nitrogens is 1. The van der Waals surface area contributed by atoms with Gasteiger partial charge in [-0.05, 0) is 17.7 Å². The van der Waals surface area contributed by atoms with Gasteiger partial charge in [-0.15, -0.1) is 11.3 Å². The van der Waals surface area contributed by atoms with Crippen LogP contribution < -0.4 is 16.0 Å². The van der Waals surface area contributed by atoms with Crippen molar-refractivity contribution in [3.05, 3.63) is 46.4 Å².